The van der Waals surface area contributed by atoms with Crippen LogP contribution >= 0.6 is 0 Å². The van der Waals surface area contributed by atoms with Crippen molar-refractivity contribution in [1.29, 1.82) is 0 Å². The third-order valence-corrected chi connectivity index (χ3v) is 3.57. The first-order valence-corrected chi connectivity index (χ1v) is 7.86. The molecular weight excluding hydrogens is 331 g/mol. The fourth-order valence-electron chi connectivity index (χ4n) is 2.38. The van der Waals surface area contributed by atoms with Gasteiger partial charge < -0.3 is 20.1 Å². The third kappa shape index (κ3) is 4.56. The van der Waals surface area contributed by atoms with Gasteiger partial charge in [-0.2, -0.15) is 0 Å². The average Bonchev–Trinajstić information content (AvgIpc) is 2.59. The van der Waals surface area contributed by atoms with Crippen molar-refractivity contribution >= 4 is 18.0 Å². The Hall–Kier alpha value is -2.90. The Balaban J connectivity index is 2.19. The number of carbonyl (C=O) groups excluding carboxylic acids is 3. The molecule has 0 aromatic heterocycles. The van der Waals surface area contributed by atoms with Gasteiger partial charge in [-0.1, -0.05) is 6.92 Å². The Kier molecular flexibility index (Phi) is 6.10. The molecule has 134 valence electrons. The molecule has 2 amide bonds. The monoisotopic (exact) mass is 350 g/mol. The molecule has 0 unspecified atom stereocenters. The molecule has 7 nitrogen and oxygen atoms in total. The summed E-state index contributed by atoms with van der Waals surface area (Å²) in [6.45, 7) is 3.34. The van der Waals surface area contributed by atoms with E-state index in [4.69, 9.17) is 9.47 Å². The lowest BCUT2D eigenvalue weighted by Gasteiger charge is -2.28. The van der Waals surface area contributed by atoms with Crippen LogP contribution in [0, 0.1) is 5.82 Å². The van der Waals surface area contributed by atoms with Crippen molar-refractivity contribution in [1.82, 2.24) is 10.6 Å². The average molecular weight is 350 g/mol. The molecule has 0 aliphatic carbocycles. The second-order valence-corrected chi connectivity index (χ2v) is 5.26. The highest BCUT2D eigenvalue weighted by molar-refractivity contribution is 5.95. The van der Waals surface area contributed by atoms with Crippen molar-refractivity contribution in [2.75, 3.05) is 13.2 Å². The molecule has 0 spiro atoms. The van der Waals surface area contributed by atoms with Crippen LogP contribution in [0.5, 0.6) is 0 Å². The zero-order valence-corrected chi connectivity index (χ0v) is 13.9. The predicted molar refractivity (Wildman–Crippen MR) is 86.1 cm³/mol. The quantitative estimate of drug-likeness (QED) is 0.764. The highest BCUT2D eigenvalue weighted by Gasteiger charge is 2.32. The second-order valence-electron chi connectivity index (χ2n) is 5.26. The topological polar surface area (TPSA) is 93.7 Å². The van der Waals surface area contributed by atoms with Gasteiger partial charge in [0.1, 0.15) is 12.4 Å². The summed E-state index contributed by atoms with van der Waals surface area (Å²) >= 11 is 0. The standard InChI is InChI=1S/C17H19FN2O5/c1-3-12-14(16(22)24-4-2)13(20-17(23)19-12)9-25-15(21)10-5-7-11(18)8-6-10/h5-8,12H,3-4,9H2,1-2H3,(H2,19,20,23)/t12-/m0/s1. The zero-order valence-electron chi connectivity index (χ0n) is 13.9. The first-order valence-electron chi connectivity index (χ1n) is 7.86. The normalized spacial score (nSPS) is 16.8. The van der Waals surface area contributed by atoms with Gasteiger partial charge in [0, 0.05) is 0 Å². The summed E-state index contributed by atoms with van der Waals surface area (Å²) in [6.07, 6.45) is 0.469. The van der Waals surface area contributed by atoms with E-state index in [2.05, 4.69) is 10.6 Å². The molecule has 25 heavy (non-hydrogen) atoms. The lowest BCUT2D eigenvalue weighted by Crippen LogP contribution is -2.51. The van der Waals surface area contributed by atoms with Crippen molar-refractivity contribution in [3.63, 3.8) is 0 Å². The first-order chi connectivity index (χ1) is 12.0. The predicted octanol–water partition coefficient (Wildman–Crippen LogP) is 1.89. The van der Waals surface area contributed by atoms with E-state index in [1.54, 1.807) is 13.8 Å². The number of esters is 2. The Morgan fingerprint density at radius 3 is 2.40 bits per heavy atom. The Labute approximate surface area is 144 Å². The van der Waals surface area contributed by atoms with Crippen molar-refractivity contribution in [2.45, 2.75) is 26.3 Å². The highest BCUT2D eigenvalue weighted by Crippen LogP contribution is 2.18. The lowest BCUT2D eigenvalue weighted by molar-refractivity contribution is -0.139. The molecule has 1 aromatic rings. The summed E-state index contributed by atoms with van der Waals surface area (Å²) in [4.78, 5) is 35.9. The van der Waals surface area contributed by atoms with E-state index in [-0.39, 0.29) is 30.0 Å². The Bertz CT molecular complexity index is 699. The van der Waals surface area contributed by atoms with Gasteiger partial charge >= 0.3 is 18.0 Å². The first kappa shape index (κ1) is 18.4. The summed E-state index contributed by atoms with van der Waals surface area (Å²) < 4.78 is 23.0. The highest BCUT2D eigenvalue weighted by atomic mass is 19.1. The summed E-state index contributed by atoms with van der Waals surface area (Å²) in [7, 11) is 0. The van der Waals surface area contributed by atoms with E-state index in [9.17, 15) is 18.8 Å². The molecule has 0 fully saturated rings. The number of ether oxygens (including phenoxy) is 2. The summed E-state index contributed by atoms with van der Waals surface area (Å²) in [5, 5.41) is 5.10. The summed E-state index contributed by atoms with van der Waals surface area (Å²) in [6, 6.07) is 3.82. The minimum atomic E-state index is -0.698. The van der Waals surface area contributed by atoms with Crippen LogP contribution in [0.25, 0.3) is 0 Å². The maximum absolute atomic E-state index is 12.9. The fourth-order valence-corrected chi connectivity index (χ4v) is 2.38. The number of rotatable bonds is 6. The van der Waals surface area contributed by atoms with E-state index >= 15 is 0 Å². The number of hydrogen-bond acceptors (Lipinski definition) is 5. The van der Waals surface area contributed by atoms with Gasteiger partial charge in [-0.05, 0) is 37.6 Å². The van der Waals surface area contributed by atoms with E-state index in [1.165, 1.54) is 12.1 Å². The number of benzene rings is 1. The van der Waals surface area contributed by atoms with Gasteiger partial charge in [0.2, 0.25) is 0 Å². The van der Waals surface area contributed by atoms with Crippen molar-refractivity contribution in [3.05, 3.63) is 46.9 Å². The van der Waals surface area contributed by atoms with Crippen LogP contribution in [0.3, 0.4) is 0 Å². The third-order valence-electron chi connectivity index (χ3n) is 3.57. The zero-order chi connectivity index (χ0) is 18.4. The number of halogens is 1. The minimum Gasteiger partial charge on any atom is -0.463 e. The van der Waals surface area contributed by atoms with Crippen LogP contribution in [0.1, 0.15) is 30.6 Å². The number of urea groups is 1. The van der Waals surface area contributed by atoms with Crippen LogP contribution in [0.15, 0.2) is 35.5 Å². The largest absolute Gasteiger partial charge is 0.463 e. The fraction of sp³-hybridized carbons (Fsp3) is 0.353. The van der Waals surface area contributed by atoms with Gasteiger partial charge in [-0.25, -0.2) is 18.8 Å². The van der Waals surface area contributed by atoms with Gasteiger partial charge in [-0.15, -0.1) is 0 Å². The van der Waals surface area contributed by atoms with Crippen LogP contribution < -0.4 is 10.6 Å². The number of carbonyl (C=O) groups is 3. The second kappa shape index (κ2) is 8.27. The Morgan fingerprint density at radius 1 is 1.12 bits per heavy atom. The van der Waals surface area contributed by atoms with E-state index in [1.807, 2.05) is 0 Å². The van der Waals surface area contributed by atoms with Gasteiger partial charge in [-0.3, -0.25) is 0 Å². The van der Waals surface area contributed by atoms with Crippen LogP contribution in [0.2, 0.25) is 0 Å². The van der Waals surface area contributed by atoms with Crippen molar-refractivity contribution in [3.8, 4) is 0 Å². The molecule has 1 aliphatic heterocycles. The number of hydrogen-bond donors (Lipinski definition) is 2. The summed E-state index contributed by atoms with van der Waals surface area (Å²) in [5.74, 6) is -1.76. The van der Waals surface area contributed by atoms with Crippen LogP contribution in [-0.2, 0) is 14.3 Å². The molecular formula is C17H19FN2O5. The van der Waals surface area contributed by atoms with Gasteiger partial charge in [0.15, 0.2) is 0 Å². The summed E-state index contributed by atoms with van der Waals surface area (Å²) in [5.41, 5.74) is 0.548. The smallest absolute Gasteiger partial charge is 0.338 e. The Morgan fingerprint density at radius 2 is 1.80 bits per heavy atom. The minimum absolute atomic E-state index is 0.159. The van der Waals surface area contributed by atoms with Crippen molar-refractivity contribution < 1.29 is 28.2 Å². The number of amides is 2. The van der Waals surface area contributed by atoms with Crippen molar-refractivity contribution in [2.24, 2.45) is 0 Å². The van der Waals surface area contributed by atoms with E-state index < -0.39 is 29.8 Å². The maximum Gasteiger partial charge on any atom is 0.338 e. The molecule has 1 aromatic carbocycles. The molecule has 0 saturated heterocycles. The maximum atomic E-state index is 12.9. The molecule has 0 saturated carbocycles. The van der Waals surface area contributed by atoms with Gasteiger partial charge in [0.05, 0.1) is 29.5 Å². The molecule has 1 aliphatic rings. The lowest BCUT2D eigenvalue weighted by atomic mass is 10.0. The molecule has 1 heterocycles. The molecule has 0 radical (unpaired) electrons. The van der Waals surface area contributed by atoms with Gasteiger partial charge in [0.25, 0.3) is 0 Å². The number of nitrogens with one attached hydrogen (secondary N) is 2. The molecule has 2 N–H and O–H groups in total. The van der Waals surface area contributed by atoms with E-state index in [0.29, 0.717) is 6.42 Å². The molecule has 0 bridgehead atoms. The molecule has 1 atom stereocenters. The van der Waals surface area contributed by atoms with Crippen LogP contribution in [-0.4, -0.2) is 37.2 Å². The van der Waals surface area contributed by atoms with E-state index in [0.717, 1.165) is 12.1 Å². The molecule has 8 heteroatoms. The van der Waals surface area contributed by atoms with Crippen LogP contribution in [0.4, 0.5) is 9.18 Å². The molecule has 2 rings (SSSR count). The SMILES string of the molecule is CCOC(=O)C1=C(COC(=O)c2ccc(F)cc2)NC(=O)N[C@H]1CC.